The highest BCUT2D eigenvalue weighted by molar-refractivity contribution is 6.08. The Hall–Kier alpha value is -6.45. The highest BCUT2D eigenvalue weighted by atomic mass is 16.6. The van der Waals surface area contributed by atoms with Gasteiger partial charge < -0.3 is 29.3 Å². The molecule has 0 bridgehead atoms. The van der Waals surface area contributed by atoms with Crippen molar-refractivity contribution in [3.8, 4) is 0 Å². The van der Waals surface area contributed by atoms with Gasteiger partial charge in [-0.1, -0.05) is 91.0 Å². The van der Waals surface area contributed by atoms with Crippen LogP contribution in [-0.2, 0) is 43.6 Å². The number of alkyl carbamates (subject to hydrolysis) is 2. The maximum atomic E-state index is 13.6. The minimum atomic E-state index is -1.17. The number of carbonyl (C=O) groups excluding carboxylic acids is 6. The topological polar surface area (TPSA) is 188 Å². The lowest BCUT2D eigenvalue weighted by molar-refractivity contribution is -0.171. The number of carbonyl (C=O) groups is 6. The lowest BCUT2D eigenvalue weighted by Crippen LogP contribution is -2.69. The number of urea groups is 2. The predicted molar refractivity (Wildman–Crippen MR) is 194 cm³/mol. The molecule has 2 aliphatic rings. The van der Waals surface area contributed by atoms with Crippen LogP contribution in [0.25, 0.3) is 0 Å². The molecule has 3 aromatic rings. The first-order valence-electron chi connectivity index (χ1n) is 17.5. The molecule has 0 aromatic heterocycles. The largest absolute Gasteiger partial charge is 0.459 e. The highest BCUT2D eigenvalue weighted by Crippen LogP contribution is 2.33. The van der Waals surface area contributed by atoms with E-state index in [1.54, 1.807) is 77.7 Å². The molecule has 2 heterocycles. The van der Waals surface area contributed by atoms with Crippen LogP contribution in [0.3, 0.4) is 0 Å². The van der Waals surface area contributed by atoms with Gasteiger partial charge in [-0.15, -0.1) is 0 Å². The number of imide groups is 1. The summed E-state index contributed by atoms with van der Waals surface area (Å²) in [4.78, 5) is 86.0. The normalized spacial score (nSPS) is 16.3. The lowest BCUT2D eigenvalue weighted by atomic mass is 9.83. The van der Waals surface area contributed by atoms with Gasteiger partial charge in [-0.05, 0) is 29.5 Å². The molecule has 2 fully saturated rings. The maximum Gasteiger partial charge on any atom is 0.414 e. The third-order valence-corrected chi connectivity index (χ3v) is 8.75. The number of esters is 1. The van der Waals surface area contributed by atoms with Crippen molar-refractivity contribution in [1.29, 1.82) is 0 Å². The second kappa shape index (κ2) is 19.4. The van der Waals surface area contributed by atoms with Crippen LogP contribution in [0.1, 0.15) is 29.5 Å². The zero-order valence-electron chi connectivity index (χ0n) is 29.8. The summed E-state index contributed by atoms with van der Waals surface area (Å²) in [5.41, 5.74) is 2.24. The molecule has 16 nitrogen and oxygen atoms in total. The average molecular weight is 742 g/mol. The van der Waals surface area contributed by atoms with Crippen LogP contribution in [0, 0.1) is 5.92 Å². The first kappa shape index (κ1) is 38.8. The van der Waals surface area contributed by atoms with E-state index >= 15 is 0 Å². The predicted octanol–water partition coefficient (Wildman–Crippen LogP) is 3.62. The van der Waals surface area contributed by atoms with E-state index in [-0.39, 0.29) is 77.4 Å². The molecule has 0 aliphatic carbocycles. The van der Waals surface area contributed by atoms with Crippen molar-refractivity contribution in [2.24, 2.45) is 10.9 Å². The Morgan fingerprint density at radius 2 is 1.15 bits per heavy atom. The molecule has 2 atom stereocenters. The second-order valence-corrected chi connectivity index (χ2v) is 12.4. The Labute approximate surface area is 312 Å². The molecule has 0 spiro atoms. The standard InChI is InChI=1S/C38H43N7O9/c1-39-35(48)43-20-22-44(23-21-43)38(51)45-31(33(47)52-24-27-12-5-2-6-13-27)30(32(45)46)18-11-19-40-34(41-36(49)53-25-28-14-7-3-8-15-28)42-37(50)54-26-29-16-9-4-10-17-29/h2-10,12-17,30-31H,11,18-26H2,1H3,(H,39,48)(H2,40,41,42,49,50). The maximum absolute atomic E-state index is 13.6. The number of nitrogens with one attached hydrogen (secondary N) is 3. The lowest BCUT2D eigenvalue weighted by Gasteiger charge is -2.46. The molecule has 2 aliphatic heterocycles. The van der Waals surface area contributed by atoms with Crippen LogP contribution in [0.15, 0.2) is 96.0 Å². The summed E-state index contributed by atoms with van der Waals surface area (Å²) in [5, 5.41) is 7.40. The Morgan fingerprint density at radius 1 is 0.685 bits per heavy atom. The molecule has 3 aromatic carbocycles. The van der Waals surface area contributed by atoms with Crippen molar-refractivity contribution in [1.82, 2.24) is 30.7 Å². The van der Waals surface area contributed by atoms with Gasteiger partial charge in [0.1, 0.15) is 19.8 Å². The smallest absolute Gasteiger partial charge is 0.414 e. The number of nitrogens with zero attached hydrogens (tertiary/aromatic N) is 4. The molecule has 3 N–H and O–H groups in total. The quantitative estimate of drug-likeness (QED) is 0.0659. The minimum absolute atomic E-state index is 0.0121. The number of ether oxygens (including phenoxy) is 3. The number of piperazine rings is 1. The number of hydrogen-bond acceptors (Lipinski definition) is 10. The number of likely N-dealkylation sites (tertiary alicyclic amines) is 1. The fourth-order valence-corrected chi connectivity index (χ4v) is 5.86. The number of β-lactam (4-membered cyclic amide) rings is 1. The first-order valence-corrected chi connectivity index (χ1v) is 17.5. The molecule has 0 saturated carbocycles. The van der Waals surface area contributed by atoms with Crippen molar-refractivity contribution >= 4 is 42.1 Å². The van der Waals surface area contributed by atoms with Gasteiger partial charge in [0.05, 0.1) is 5.92 Å². The van der Waals surface area contributed by atoms with Crippen LogP contribution < -0.4 is 16.0 Å². The van der Waals surface area contributed by atoms with Gasteiger partial charge in [0.2, 0.25) is 11.9 Å². The van der Waals surface area contributed by atoms with Crippen molar-refractivity contribution < 1.29 is 43.0 Å². The van der Waals surface area contributed by atoms with Gasteiger partial charge >= 0.3 is 30.2 Å². The zero-order valence-corrected chi connectivity index (χ0v) is 29.8. The van der Waals surface area contributed by atoms with Crippen molar-refractivity contribution in [3.63, 3.8) is 0 Å². The van der Waals surface area contributed by atoms with E-state index in [1.807, 2.05) is 18.2 Å². The van der Waals surface area contributed by atoms with Crippen molar-refractivity contribution in [3.05, 3.63) is 108 Å². The molecule has 0 radical (unpaired) electrons. The fraction of sp³-hybridized carbons (Fsp3) is 0.342. The second-order valence-electron chi connectivity index (χ2n) is 12.4. The van der Waals surface area contributed by atoms with Crippen molar-refractivity contribution in [2.45, 2.75) is 38.7 Å². The Balaban J connectivity index is 1.22. The van der Waals surface area contributed by atoms with E-state index in [4.69, 9.17) is 14.2 Å². The molecule has 7 amide bonds. The van der Waals surface area contributed by atoms with Gasteiger partial charge in [0, 0.05) is 39.8 Å². The summed E-state index contributed by atoms with van der Waals surface area (Å²) in [7, 11) is 1.52. The third-order valence-electron chi connectivity index (χ3n) is 8.75. The van der Waals surface area contributed by atoms with Crippen molar-refractivity contribution in [2.75, 3.05) is 39.8 Å². The number of benzene rings is 3. The van der Waals surface area contributed by atoms with Crippen LogP contribution in [0.4, 0.5) is 19.2 Å². The van der Waals surface area contributed by atoms with Gasteiger partial charge in [-0.2, -0.15) is 0 Å². The summed E-state index contributed by atoms with van der Waals surface area (Å²) in [5.74, 6) is -2.38. The van der Waals surface area contributed by atoms with Gasteiger partial charge in [0.15, 0.2) is 6.04 Å². The SMILES string of the molecule is CNC(=O)N1CCN(C(=O)N2C(=O)C(CCCN=C(NC(=O)OCc3ccccc3)NC(=O)OCc3ccccc3)C2C(=O)OCc2ccccc2)CC1. The number of amides is 7. The Bertz CT molecular complexity index is 1730. The molecule has 2 saturated heterocycles. The number of hydrogen-bond donors (Lipinski definition) is 3. The molecular formula is C38H43N7O9. The van der Waals surface area contributed by atoms with Gasteiger partial charge in [0.25, 0.3) is 0 Å². The van der Waals surface area contributed by atoms with E-state index < -0.39 is 42.1 Å². The molecule has 54 heavy (non-hydrogen) atoms. The van der Waals surface area contributed by atoms with Gasteiger partial charge in [-0.3, -0.25) is 20.4 Å². The van der Waals surface area contributed by atoms with E-state index in [9.17, 15) is 28.8 Å². The van der Waals surface area contributed by atoms with E-state index in [0.29, 0.717) is 0 Å². The highest BCUT2D eigenvalue weighted by Gasteiger charge is 2.56. The summed E-state index contributed by atoms with van der Waals surface area (Å²) in [6, 6.07) is 25.0. The third kappa shape index (κ3) is 10.8. The molecule has 2 unspecified atom stereocenters. The van der Waals surface area contributed by atoms with Crippen LogP contribution in [-0.4, -0.2) is 103 Å². The van der Waals surface area contributed by atoms with E-state index in [2.05, 4.69) is 20.9 Å². The van der Waals surface area contributed by atoms with E-state index in [0.717, 1.165) is 21.6 Å². The average Bonchev–Trinajstić information content (AvgIpc) is 3.20. The molecular weight excluding hydrogens is 698 g/mol. The summed E-state index contributed by atoms with van der Waals surface area (Å²) >= 11 is 0. The van der Waals surface area contributed by atoms with Crippen LogP contribution >= 0.6 is 0 Å². The summed E-state index contributed by atoms with van der Waals surface area (Å²) in [6.45, 7) is 0.820. The minimum Gasteiger partial charge on any atom is -0.459 e. The first-order chi connectivity index (χ1) is 26.2. The fourth-order valence-electron chi connectivity index (χ4n) is 5.86. The summed E-state index contributed by atoms with van der Waals surface area (Å²) < 4.78 is 16.1. The van der Waals surface area contributed by atoms with Gasteiger partial charge in [-0.25, -0.2) is 28.9 Å². The van der Waals surface area contributed by atoms with Crippen LogP contribution in [0.5, 0.6) is 0 Å². The van der Waals surface area contributed by atoms with Crippen LogP contribution in [0.2, 0.25) is 0 Å². The Kier molecular flexibility index (Phi) is 13.9. The molecule has 284 valence electrons. The van der Waals surface area contributed by atoms with E-state index in [1.165, 1.54) is 11.9 Å². The number of rotatable bonds is 11. The monoisotopic (exact) mass is 741 g/mol. The summed E-state index contributed by atoms with van der Waals surface area (Å²) in [6.07, 6.45) is -1.37. The zero-order chi connectivity index (χ0) is 38.3. The Morgan fingerprint density at radius 3 is 1.63 bits per heavy atom. The number of aliphatic imine (C=N–C) groups is 1. The molecule has 5 rings (SSSR count). The number of guanidine groups is 1. The molecule has 16 heteroatoms.